The van der Waals surface area contributed by atoms with Crippen molar-refractivity contribution in [3.8, 4) is 0 Å². The van der Waals surface area contributed by atoms with E-state index in [1.54, 1.807) is 6.20 Å². The lowest BCUT2D eigenvalue weighted by Crippen LogP contribution is -2.29. The summed E-state index contributed by atoms with van der Waals surface area (Å²) in [6.45, 7) is 8.84. The lowest BCUT2D eigenvalue weighted by molar-refractivity contribution is -0.130. The average molecular weight is 300 g/mol. The lowest BCUT2D eigenvalue weighted by Gasteiger charge is -2.18. The molecule has 1 aliphatic heterocycles. The van der Waals surface area contributed by atoms with Crippen molar-refractivity contribution in [1.82, 2.24) is 19.4 Å². The molecule has 5 heteroatoms. The maximum absolute atomic E-state index is 12.2. The topological polar surface area (TPSA) is 51.0 Å². The summed E-state index contributed by atoms with van der Waals surface area (Å²) in [4.78, 5) is 23.3. The fraction of sp³-hybridized carbons (Fsp3) is 0.588. The predicted molar refractivity (Wildman–Crippen MR) is 86.6 cm³/mol. The Balaban J connectivity index is 1.82. The molecule has 1 fully saturated rings. The van der Waals surface area contributed by atoms with E-state index < -0.39 is 0 Å². The van der Waals surface area contributed by atoms with Crippen LogP contribution in [0, 0.1) is 5.92 Å². The van der Waals surface area contributed by atoms with Crippen LogP contribution in [0.3, 0.4) is 0 Å². The molecule has 0 aromatic carbocycles. The van der Waals surface area contributed by atoms with Gasteiger partial charge in [0, 0.05) is 38.2 Å². The van der Waals surface area contributed by atoms with Crippen molar-refractivity contribution >= 4 is 16.9 Å². The van der Waals surface area contributed by atoms with Crippen LogP contribution in [0.1, 0.15) is 45.4 Å². The number of aryl methyl sites for hydroxylation is 1. The third-order valence-corrected chi connectivity index (χ3v) is 4.39. The summed E-state index contributed by atoms with van der Waals surface area (Å²) >= 11 is 0. The van der Waals surface area contributed by atoms with Gasteiger partial charge in [-0.1, -0.05) is 13.8 Å². The molecule has 22 heavy (non-hydrogen) atoms. The van der Waals surface area contributed by atoms with Crippen LogP contribution >= 0.6 is 0 Å². The van der Waals surface area contributed by atoms with E-state index in [4.69, 9.17) is 4.98 Å². The quantitative estimate of drug-likeness (QED) is 0.872. The minimum absolute atomic E-state index is 0.276. The number of likely N-dealkylation sites (tertiary alicyclic amines) is 1. The zero-order valence-corrected chi connectivity index (χ0v) is 13.6. The molecule has 3 rings (SSSR count). The molecule has 1 saturated heterocycles. The van der Waals surface area contributed by atoms with Gasteiger partial charge in [-0.05, 0) is 25.3 Å². The van der Waals surface area contributed by atoms with E-state index in [1.807, 2.05) is 17.2 Å². The number of amides is 1. The van der Waals surface area contributed by atoms with Crippen LogP contribution in [0.4, 0.5) is 0 Å². The predicted octanol–water partition coefficient (Wildman–Crippen LogP) is 2.81. The van der Waals surface area contributed by atoms with E-state index in [0.29, 0.717) is 18.3 Å². The van der Waals surface area contributed by atoms with E-state index >= 15 is 0 Å². The Morgan fingerprint density at radius 2 is 2.27 bits per heavy atom. The minimum atomic E-state index is 0.276. The molecule has 5 nitrogen and oxygen atoms in total. The van der Waals surface area contributed by atoms with Crippen LogP contribution in [0.5, 0.6) is 0 Å². The number of pyridine rings is 1. The van der Waals surface area contributed by atoms with Gasteiger partial charge < -0.3 is 9.47 Å². The van der Waals surface area contributed by atoms with E-state index in [9.17, 15) is 4.79 Å². The van der Waals surface area contributed by atoms with E-state index in [-0.39, 0.29) is 5.91 Å². The molecular formula is C17H24N4O. The van der Waals surface area contributed by atoms with Crippen molar-refractivity contribution in [2.45, 2.75) is 46.1 Å². The van der Waals surface area contributed by atoms with Gasteiger partial charge in [-0.2, -0.15) is 0 Å². The van der Waals surface area contributed by atoms with E-state index in [2.05, 4.69) is 30.3 Å². The Labute approximate surface area is 131 Å². The number of imidazole rings is 1. The molecule has 1 aliphatic rings. The SMILES string of the molecule is CCn1c([C@@H]2CCN(C(=O)CC(C)C)C2)nc2ccncc21. The summed E-state index contributed by atoms with van der Waals surface area (Å²) in [6.07, 6.45) is 5.31. The monoisotopic (exact) mass is 300 g/mol. The Morgan fingerprint density at radius 3 is 3.00 bits per heavy atom. The third-order valence-electron chi connectivity index (χ3n) is 4.39. The van der Waals surface area contributed by atoms with Crippen LogP contribution in [0.2, 0.25) is 0 Å². The first-order chi connectivity index (χ1) is 10.6. The van der Waals surface area contributed by atoms with Gasteiger partial charge in [0.15, 0.2) is 0 Å². The third kappa shape index (κ3) is 2.72. The second-order valence-electron chi connectivity index (χ2n) is 6.50. The van der Waals surface area contributed by atoms with Crippen molar-refractivity contribution in [2.24, 2.45) is 5.92 Å². The van der Waals surface area contributed by atoms with Gasteiger partial charge in [-0.3, -0.25) is 9.78 Å². The van der Waals surface area contributed by atoms with Gasteiger partial charge >= 0.3 is 0 Å². The number of rotatable bonds is 4. The van der Waals surface area contributed by atoms with Crippen LogP contribution in [-0.4, -0.2) is 38.4 Å². The van der Waals surface area contributed by atoms with Crippen LogP contribution in [0.15, 0.2) is 18.5 Å². The lowest BCUT2D eigenvalue weighted by atomic mass is 10.1. The van der Waals surface area contributed by atoms with Gasteiger partial charge in [0.1, 0.15) is 5.82 Å². The number of carbonyl (C=O) groups excluding carboxylic acids is 1. The highest BCUT2D eigenvalue weighted by Crippen LogP contribution is 2.29. The first-order valence-corrected chi connectivity index (χ1v) is 8.18. The van der Waals surface area contributed by atoms with Crippen molar-refractivity contribution in [3.05, 3.63) is 24.3 Å². The molecule has 2 aromatic heterocycles. The number of hydrogen-bond donors (Lipinski definition) is 0. The van der Waals surface area contributed by atoms with Gasteiger partial charge in [-0.15, -0.1) is 0 Å². The molecule has 0 spiro atoms. The van der Waals surface area contributed by atoms with Gasteiger partial charge in [0.05, 0.1) is 17.2 Å². The Morgan fingerprint density at radius 1 is 1.45 bits per heavy atom. The van der Waals surface area contributed by atoms with E-state index in [0.717, 1.165) is 42.9 Å². The van der Waals surface area contributed by atoms with Crippen molar-refractivity contribution in [2.75, 3.05) is 13.1 Å². The van der Waals surface area contributed by atoms with Gasteiger partial charge in [0.25, 0.3) is 0 Å². The van der Waals surface area contributed by atoms with Gasteiger partial charge in [-0.25, -0.2) is 4.98 Å². The number of nitrogens with zero attached hydrogens (tertiary/aromatic N) is 4. The maximum Gasteiger partial charge on any atom is 0.222 e. The highest BCUT2D eigenvalue weighted by molar-refractivity contribution is 5.77. The molecule has 1 amide bonds. The number of hydrogen-bond acceptors (Lipinski definition) is 3. The standard InChI is InChI=1S/C17H24N4O/c1-4-21-15-10-18-7-5-14(15)19-17(21)13-6-8-20(11-13)16(22)9-12(2)3/h5,7,10,12-13H,4,6,8-9,11H2,1-3H3/t13-/m1/s1. The Bertz CT molecular complexity index is 676. The highest BCUT2D eigenvalue weighted by Gasteiger charge is 2.30. The highest BCUT2D eigenvalue weighted by atomic mass is 16.2. The normalized spacial score (nSPS) is 18.5. The summed E-state index contributed by atoms with van der Waals surface area (Å²) in [5.41, 5.74) is 2.09. The molecule has 118 valence electrons. The maximum atomic E-state index is 12.2. The van der Waals surface area contributed by atoms with Crippen molar-refractivity contribution in [3.63, 3.8) is 0 Å². The van der Waals surface area contributed by atoms with Crippen LogP contribution in [0.25, 0.3) is 11.0 Å². The number of fused-ring (bicyclic) bond motifs is 1. The van der Waals surface area contributed by atoms with Crippen molar-refractivity contribution < 1.29 is 4.79 Å². The Kier molecular flexibility index (Phi) is 4.14. The largest absolute Gasteiger partial charge is 0.342 e. The first kappa shape index (κ1) is 15.0. The molecule has 0 saturated carbocycles. The first-order valence-electron chi connectivity index (χ1n) is 8.18. The summed E-state index contributed by atoms with van der Waals surface area (Å²) in [7, 11) is 0. The zero-order chi connectivity index (χ0) is 15.7. The van der Waals surface area contributed by atoms with Crippen LogP contribution < -0.4 is 0 Å². The smallest absolute Gasteiger partial charge is 0.222 e. The minimum Gasteiger partial charge on any atom is -0.342 e. The molecule has 2 aromatic rings. The molecule has 0 unspecified atom stereocenters. The summed E-state index contributed by atoms with van der Waals surface area (Å²) < 4.78 is 2.24. The van der Waals surface area contributed by atoms with E-state index in [1.165, 1.54) is 0 Å². The second kappa shape index (κ2) is 6.07. The fourth-order valence-corrected chi connectivity index (χ4v) is 3.31. The molecule has 0 bridgehead atoms. The number of carbonyl (C=O) groups is 1. The van der Waals surface area contributed by atoms with Crippen molar-refractivity contribution in [1.29, 1.82) is 0 Å². The van der Waals surface area contributed by atoms with Crippen LogP contribution in [-0.2, 0) is 11.3 Å². The Hall–Kier alpha value is -1.91. The molecule has 0 aliphatic carbocycles. The summed E-state index contributed by atoms with van der Waals surface area (Å²) in [5.74, 6) is 2.13. The number of aromatic nitrogens is 3. The molecule has 1 atom stereocenters. The summed E-state index contributed by atoms with van der Waals surface area (Å²) in [5, 5.41) is 0. The zero-order valence-electron chi connectivity index (χ0n) is 13.6. The molecule has 0 radical (unpaired) electrons. The average Bonchev–Trinajstić information content (AvgIpc) is 3.10. The summed E-state index contributed by atoms with van der Waals surface area (Å²) in [6, 6.07) is 1.96. The van der Waals surface area contributed by atoms with Gasteiger partial charge in [0.2, 0.25) is 5.91 Å². The fourth-order valence-electron chi connectivity index (χ4n) is 3.31. The molecule has 0 N–H and O–H groups in total. The second-order valence-corrected chi connectivity index (χ2v) is 6.50. The molecular weight excluding hydrogens is 276 g/mol. The molecule has 3 heterocycles.